The number of hydrogen-bond donors (Lipinski definition) is 19. The Morgan fingerprint density at radius 1 is 0.431 bits per heavy atom. The molecule has 0 radical (unpaired) electrons. The van der Waals surface area contributed by atoms with E-state index in [1.54, 1.807) is 91.5 Å². The van der Waals surface area contributed by atoms with Crippen LogP contribution in [0.2, 0.25) is 0 Å². The zero-order valence-corrected chi connectivity index (χ0v) is 65.8. The molecule has 0 aliphatic carbocycles. The van der Waals surface area contributed by atoms with Crippen LogP contribution in [0.4, 0.5) is 0 Å². The van der Waals surface area contributed by atoms with Gasteiger partial charge >= 0.3 is 0 Å². The molecule has 0 unspecified atom stereocenters. The lowest BCUT2D eigenvalue weighted by molar-refractivity contribution is -0.135. The number of hydrogen-bond acceptors (Lipinski definition) is 18. The number of nitrogens with one attached hydrogen (secondary N) is 17. The van der Waals surface area contributed by atoms with Gasteiger partial charge in [-0.3, -0.25) is 68.4 Å². The van der Waals surface area contributed by atoms with Gasteiger partial charge in [-0.05, 0) is 79.3 Å². The number of nitrogens with two attached hydrogens (primary N) is 2. The molecule has 116 heavy (non-hydrogen) atoms. The highest BCUT2D eigenvalue weighted by Gasteiger charge is 2.38. The molecule has 10 atom stereocenters. The Labute approximate surface area is 677 Å². The monoisotopic (exact) mass is 1620 g/mol. The lowest BCUT2D eigenvalue weighted by Crippen LogP contribution is -2.59. The maximum Gasteiger partial charge on any atom is 0.243 e. The smallest absolute Gasteiger partial charge is 0.243 e. The fraction of sp³-hybridized carbons (Fsp3) is 0.407. The second-order valence-corrected chi connectivity index (χ2v) is 31.6. The van der Waals surface area contributed by atoms with E-state index in [-0.39, 0.29) is 152 Å². The Morgan fingerprint density at radius 3 is 1.48 bits per heavy atom. The fourth-order valence-corrected chi connectivity index (χ4v) is 16.5. The number of fused-ring (bicyclic) bond motifs is 7. The second-order valence-electron chi connectivity index (χ2n) is 29.0. The molecule has 2 fully saturated rings. The number of ketones is 3. The molecule has 2 saturated heterocycles. The lowest BCUT2D eigenvalue weighted by atomic mass is 9.84. The number of guanidine groups is 2. The van der Waals surface area contributed by atoms with Crippen LogP contribution in [-0.4, -0.2) is 192 Å². The summed E-state index contributed by atoms with van der Waals surface area (Å²) in [5.74, 6) is -12.5. The Hall–Kier alpha value is -12.1. The number of benzene rings is 4. The molecule has 2 bridgehead atoms. The van der Waals surface area contributed by atoms with Gasteiger partial charge in [-0.2, -0.15) is 0 Å². The number of rotatable bonds is 20. The largest absolute Gasteiger partial charge is 0.370 e. The molecule has 0 spiro atoms. The molecule has 10 rings (SSSR count). The molecule has 35 heteroatoms. The first-order valence-electron chi connectivity index (χ1n) is 38.9. The van der Waals surface area contributed by atoms with Gasteiger partial charge in [-0.25, -0.2) is 9.97 Å². The summed E-state index contributed by atoms with van der Waals surface area (Å²) in [6.07, 6.45) is 7.43. The number of imidazole rings is 2. The van der Waals surface area contributed by atoms with Gasteiger partial charge in [-0.15, -0.1) is 0 Å². The minimum Gasteiger partial charge on any atom is -0.370 e. The predicted molar refractivity (Wildman–Crippen MR) is 439 cm³/mol. The maximum absolute atomic E-state index is 15.7. The van der Waals surface area contributed by atoms with Gasteiger partial charge in [0.2, 0.25) is 53.2 Å². The fourth-order valence-electron chi connectivity index (χ4n) is 14.1. The highest BCUT2D eigenvalue weighted by atomic mass is 33.1. The van der Waals surface area contributed by atoms with Crippen molar-refractivity contribution in [2.24, 2.45) is 29.2 Å². The standard InChI is InChI=1S/C81H101N21O12S2/c82-80(83)90-29-12-24-62-70(105)37-50(33-52-40-92-60-22-9-7-20-58(52)60)69(104)38-54-44-115-116-45-68(74(109)89-28-14-26-71(106)96-67(39-56-43-87-47-95-56)79(114)100-65(76(111)97-62)32-49-17-5-2-6-18-49)102-78(113)66(36-53-41-93-61-23-10-8-21-59(53)61)101-75(110)63(25-13-30-91-81(84)85)98-77(112)64(31-48-15-3-1-4-16-48)99-73(108)51(34-55-42-86-46-94-55)35-57(103)19-11-27-88-72(54)107/h1-10,15-18,20-23,40-43,46-47,50-51,54,62-68,92-93H,11-14,19,24-39,44-45H2,(H,86,94)(H,87,95)(H,88,107)(H,89,109)(H,96,106)(H,97,111)(H,98,112)(H,99,108)(H,100,114)(H,101,110)(H,102,113)(H4,82,83,90)(H4,84,85,91)/t50-,51-,54+,62+,63+,64-,65-,66+,67+,68+/m1/s1. The average molecular weight is 1620 g/mol. The third-order valence-corrected chi connectivity index (χ3v) is 22.7. The van der Waals surface area contributed by atoms with Crippen LogP contribution in [0.15, 0.2) is 147 Å². The molecular formula is C81H101N21O12S2. The molecule has 4 aromatic heterocycles. The van der Waals surface area contributed by atoms with Crippen molar-refractivity contribution in [3.8, 4) is 0 Å². The average Bonchev–Trinajstić information content (AvgIpc) is 1.61. The van der Waals surface area contributed by atoms with Crippen LogP contribution in [0.5, 0.6) is 0 Å². The van der Waals surface area contributed by atoms with Gasteiger partial charge in [0, 0.05) is 154 Å². The normalized spacial score (nSPS) is 22.6. The third kappa shape index (κ3) is 26.7. The lowest BCUT2D eigenvalue weighted by Gasteiger charge is -2.27. The number of aromatic nitrogens is 6. The maximum atomic E-state index is 15.7. The van der Waals surface area contributed by atoms with Gasteiger partial charge < -0.3 is 89.9 Å². The van der Waals surface area contributed by atoms with Gasteiger partial charge in [0.25, 0.3) is 0 Å². The van der Waals surface area contributed by atoms with E-state index in [0.717, 1.165) is 32.5 Å². The van der Waals surface area contributed by atoms with Crippen molar-refractivity contribution >= 4 is 126 Å². The van der Waals surface area contributed by atoms with Crippen molar-refractivity contribution in [2.45, 2.75) is 151 Å². The van der Waals surface area contributed by atoms with Crippen molar-refractivity contribution < 1.29 is 57.5 Å². The summed E-state index contributed by atoms with van der Waals surface area (Å²) in [6, 6.07) is 22.5. The van der Waals surface area contributed by atoms with Crippen molar-refractivity contribution in [1.82, 2.24) is 88.4 Å². The summed E-state index contributed by atoms with van der Waals surface area (Å²) in [5, 5.41) is 48.4. The van der Waals surface area contributed by atoms with Crippen molar-refractivity contribution in [2.75, 3.05) is 37.7 Å². The molecule has 8 aromatic rings. The number of H-pyrrole nitrogens is 4. The molecule has 33 nitrogen and oxygen atoms in total. The van der Waals surface area contributed by atoms with E-state index >= 15 is 33.6 Å². The van der Waals surface area contributed by atoms with E-state index in [2.05, 4.69) is 88.4 Å². The molecule has 614 valence electrons. The quantitative estimate of drug-likeness (QED) is 0.0226. The van der Waals surface area contributed by atoms with Gasteiger partial charge in [0.1, 0.15) is 47.8 Å². The Morgan fingerprint density at radius 2 is 0.905 bits per heavy atom. The van der Waals surface area contributed by atoms with E-state index in [9.17, 15) is 24.0 Å². The topological polar surface area (TPSA) is 526 Å². The summed E-state index contributed by atoms with van der Waals surface area (Å²) in [7, 11) is 2.19. The van der Waals surface area contributed by atoms with Crippen molar-refractivity contribution in [3.05, 3.63) is 180 Å². The van der Waals surface area contributed by atoms with Crippen LogP contribution in [0.25, 0.3) is 21.8 Å². The summed E-state index contributed by atoms with van der Waals surface area (Å²) >= 11 is 0. The molecular weight excluding hydrogens is 1520 g/mol. The van der Waals surface area contributed by atoms with Crippen LogP contribution < -0.4 is 70.0 Å². The van der Waals surface area contributed by atoms with E-state index in [0.29, 0.717) is 44.5 Å². The third-order valence-electron chi connectivity index (χ3n) is 20.2. The van der Waals surface area contributed by atoms with Crippen LogP contribution in [0.1, 0.15) is 104 Å². The van der Waals surface area contributed by atoms with E-state index in [1.165, 1.54) is 12.7 Å². The highest BCUT2D eigenvalue weighted by molar-refractivity contribution is 8.76. The van der Waals surface area contributed by atoms with E-state index in [4.69, 9.17) is 22.3 Å². The minimum absolute atomic E-state index is 0.0105. The molecule has 9 amide bonds. The molecule has 2 aliphatic rings. The number of aromatic amines is 4. The van der Waals surface area contributed by atoms with Crippen LogP contribution >= 0.6 is 21.6 Å². The summed E-state index contributed by atoms with van der Waals surface area (Å²) in [5.41, 5.74) is 16.1. The second kappa shape index (κ2) is 43.9. The van der Waals surface area contributed by atoms with E-state index in [1.807, 2.05) is 42.5 Å². The first-order valence-corrected chi connectivity index (χ1v) is 41.4. The Bertz CT molecular complexity index is 4400. The van der Waals surface area contributed by atoms with E-state index < -0.39 is 138 Å². The number of carbonyl (C=O) groups excluding carboxylic acids is 12. The van der Waals surface area contributed by atoms with Crippen LogP contribution in [0, 0.1) is 28.6 Å². The van der Waals surface area contributed by atoms with Gasteiger partial charge in [-0.1, -0.05) is 119 Å². The molecule has 21 N–H and O–H groups in total. The number of para-hydroxylation sites is 2. The summed E-state index contributed by atoms with van der Waals surface area (Å²) in [4.78, 5) is 201. The number of Topliss-reactive ketones (excluding diaryl/α,β-unsaturated/α-hetero) is 3. The SMILES string of the molecule is N=C(N)NCCC[C@@H]1NC(=O)[C@@H](Cc2ccccc2)NC(=O)[C@H](Cc2c[nH]cn2)NC(=O)CCCNC(=O)[C@@H]2CSSC[C@H](CC(=O)[C@H](Cc3c[nH]c4ccccc34)CC1=O)C(=O)NCCCC(=O)C[C@@H](Cc1c[nH]cn1)C(=O)N[C@H](Cc1ccccc1)C(=O)N[C@@H](CCCNC(=N)N)C(=O)N[C@@H](Cc1c[nH]c3ccccc13)C(=O)N2. The molecule has 4 aromatic carbocycles. The van der Waals surface area contributed by atoms with Crippen molar-refractivity contribution in [3.63, 3.8) is 0 Å². The number of nitrogens with zero attached hydrogens (tertiary/aromatic N) is 2. The van der Waals surface area contributed by atoms with Crippen LogP contribution in [-0.2, 0) is 96.1 Å². The van der Waals surface area contributed by atoms with Gasteiger partial charge in [0.15, 0.2) is 17.7 Å². The zero-order valence-electron chi connectivity index (χ0n) is 64.2. The first-order chi connectivity index (χ1) is 56.1. The van der Waals surface area contributed by atoms with Crippen LogP contribution in [0.3, 0.4) is 0 Å². The highest BCUT2D eigenvalue weighted by Crippen LogP contribution is 2.31. The van der Waals surface area contributed by atoms with Gasteiger partial charge in [0.05, 0.1) is 41.9 Å². The predicted octanol–water partition coefficient (Wildman–Crippen LogP) is 2.70. The number of amides is 9. The zero-order chi connectivity index (χ0) is 82.3. The Balaban J connectivity index is 1.03. The Kier molecular flexibility index (Phi) is 32.7. The first kappa shape index (κ1) is 86.3. The number of carbonyl (C=O) groups is 12. The summed E-state index contributed by atoms with van der Waals surface area (Å²) < 4.78 is 0. The molecule has 0 saturated carbocycles. The summed E-state index contributed by atoms with van der Waals surface area (Å²) in [6.45, 7) is -0.0422. The molecule has 2 aliphatic heterocycles. The molecule has 6 heterocycles. The minimum atomic E-state index is -1.50. The van der Waals surface area contributed by atoms with Crippen molar-refractivity contribution in [1.29, 1.82) is 10.8 Å².